The molecule has 0 radical (unpaired) electrons. The zero-order valence-corrected chi connectivity index (χ0v) is 40.3. The van der Waals surface area contributed by atoms with Crippen LogP contribution in [0.2, 0.25) is 0 Å². The van der Waals surface area contributed by atoms with Crippen molar-refractivity contribution in [1.29, 1.82) is 0 Å². The van der Waals surface area contributed by atoms with Crippen LogP contribution in [-0.4, -0.2) is 68.2 Å². The van der Waals surface area contributed by atoms with E-state index in [2.05, 4.69) is 97.4 Å². The van der Waals surface area contributed by atoms with Crippen LogP contribution in [0.4, 0.5) is 0 Å². The number of H-pyrrole nitrogens is 2. The summed E-state index contributed by atoms with van der Waals surface area (Å²) in [6.45, 7) is 19.6. The number of halogens is 2. The van der Waals surface area contributed by atoms with E-state index < -0.39 is 9.84 Å². The number of aromatic nitrogens is 6. The second-order valence-electron chi connectivity index (χ2n) is 16.5. The van der Waals surface area contributed by atoms with E-state index in [1.54, 1.807) is 19.2 Å². The summed E-state index contributed by atoms with van der Waals surface area (Å²) in [4.78, 5) is 44.5. The lowest BCUT2D eigenvalue weighted by atomic mass is 10.1. The van der Waals surface area contributed by atoms with E-state index in [9.17, 15) is 18.0 Å². The monoisotopic (exact) mass is 984 g/mol. The second-order valence-corrected chi connectivity index (χ2v) is 20.6. The third-order valence-electron chi connectivity index (χ3n) is 8.95. The summed E-state index contributed by atoms with van der Waals surface area (Å²) in [6.07, 6.45) is 3.67. The van der Waals surface area contributed by atoms with Crippen LogP contribution in [0.3, 0.4) is 0 Å². The third-order valence-corrected chi connectivity index (χ3v) is 11.7. The van der Waals surface area contributed by atoms with E-state index in [1.165, 1.54) is 0 Å². The molecule has 0 saturated carbocycles. The summed E-state index contributed by atoms with van der Waals surface area (Å²) in [5, 5.41) is 1.93. The standard InChI is InChI=1S/C19H16BrN3O2S.C18H14BrN3.2C5H10O2/c1-3-26(24,25)18-7-12-4-5-13(20)8-14(12)23-19(18)17-9-15-16(22-17)6-11(2)10-21-15;1-10-5-16-15(20-9-10)8-17(21-16)18-11(2)6-12-3-4-13(19)7-14(12)22-18;2*1-5(2,3)7-4-6/h4-10,22H,3H2,1-2H3;3-9,21H,1-2H3;2*4H,1-3H3. The fraction of sp³-hybridized carbons (Fsp3) is 0.277. The number of carbonyl (C=O) groups excluding carboxylic acids is 2. The number of ether oxygens (including phenoxy) is 2. The Morgan fingerprint density at radius 3 is 1.47 bits per heavy atom. The Balaban J connectivity index is 0.000000181. The molecule has 0 aliphatic heterocycles. The van der Waals surface area contributed by atoms with Gasteiger partial charge in [0.05, 0.1) is 60.8 Å². The number of nitrogens with one attached hydrogen (secondary N) is 2. The van der Waals surface area contributed by atoms with Gasteiger partial charge in [-0.15, -0.1) is 0 Å². The fourth-order valence-electron chi connectivity index (χ4n) is 5.99. The highest BCUT2D eigenvalue weighted by Gasteiger charge is 2.22. The van der Waals surface area contributed by atoms with Crippen molar-refractivity contribution in [2.75, 3.05) is 5.75 Å². The van der Waals surface area contributed by atoms with Crippen molar-refractivity contribution >= 4 is 98.5 Å². The van der Waals surface area contributed by atoms with E-state index in [0.717, 1.165) is 80.9 Å². The van der Waals surface area contributed by atoms with Crippen LogP contribution in [0, 0.1) is 20.8 Å². The molecule has 0 fully saturated rings. The first kappa shape index (κ1) is 47.5. The predicted octanol–water partition coefficient (Wildman–Crippen LogP) is 11.7. The number of benzene rings is 2. The Hall–Kier alpha value is -5.51. The van der Waals surface area contributed by atoms with Crippen LogP contribution in [-0.2, 0) is 28.9 Å². The summed E-state index contributed by atoms with van der Waals surface area (Å²) < 4.78 is 36.4. The molecule has 0 atom stereocenters. The number of carbonyl (C=O) groups is 2. The van der Waals surface area contributed by atoms with Crippen LogP contribution in [0.5, 0.6) is 0 Å². The molecular formula is C47H50Br2N6O6S. The second kappa shape index (κ2) is 19.7. The maximum Gasteiger partial charge on any atom is 0.293 e. The Kier molecular flexibility index (Phi) is 15.1. The van der Waals surface area contributed by atoms with Gasteiger partial charge < -0.3 is 19.4 Å². The molecule has 0 aliphatic rings. The molecule has 15 heteroatoms. The van der Waals surface area contributed by atoms with E-state index in [1.807, 2.05) is 104 Å². The molecule has 2 aromatic carbocycles. The van der Waals surface area contributed by atoms with E-state index in [0.29, 0.717) is 24.3 Å². The number of fused-ring (bicyclic) bond motifs is 4. The Bertz CT molecular complexity index is 2990. The molecule has 6 aromatic heterocycles. The largest absolute Gasteiger partial charge is 0.462 e. The van der Waals surface area contributed by atoms with E-state index in [4.69, 9.17) is 4.98 Å². The Morgan fingerprint density at radius 1 is 0.613 bits per heavy atom. The summed E-state index contributed by atoms with van der Waals surface area (Å²) in [5.41, 5.74) is 11.1. The topological polar surface area (TPSA) is 170 Å². The van der Waals surface area contributed by atoms with Crippen molar-refractivity contribution in [3.63, 3.8) is 0 Å². The van der Waals surface area contributed by atoms with Gasteiger partial charge in [0.25, 0.3) is 12.9 Å². The molecule has 0 bridgehead atoms. The first-order chi connectivity index (χ1) is 29.1. The van der Waals surface area contributed by atoms with Gasteiger partial charge in [0.1, 0.15) is 16.9 Å². The van der Waals surface area contributed by atoms with E-state index in [-0.39, 0.29) is 21.9 Å². The lowest BCUT2D eigenvalue weighted by Gasteiger charge is -2.14. The van der Waals surface area contributed by atoms with Gasteiger partial charge in [0.15, 0.2) is 9.84 Å². The van der Waals surface area contributed by atoms with Gasteiger partial charge >= 0.3 is 0 Å². The number of hydrogen-bond acceptors (Lipinski definition) is 10. The van der Waals surface area contributed by atoms with Crippen LogP contribution in [0.15, 0.2) is 99.0 Å². The molecule has 12 nitrogen and oxygen atoms in total. The van der Waals surface area contributed by atoms with Crippen LogP contribution < -0.4 is 0 Å². The Labute approximate surface area is 378 Å². The van der Waals surface area contributed by atoms with Gasteiger partial charge in [0, 0.05) is 32.1 Å². The molecule has 324 valence electrons. The molecule has 0 aliphatic carbocycles. The molecular weight excluding hydrogens is 936 g/mol. The molecule has 8 rings (SSSR count). The minimum absolute atomic E-state index is 0.0152. The average molecular weight is 987 g/mol. The first-order valence-electron chi connectivity index (χ1n) is 19.6. The van der Waals surface area contributed by atoms with Gasteiger partial charge in [-0.1, -0.05) is 50.9 Å². The van der Waals surface area contributed by atoms with Crippen molar-refractivity contribution in [1.82, 2.24) is 29.9 Å². The highest BCUT2D eigenvalue weighted by molar-refractivity contribution is 9.10. The van der Waals surface area contributed by atoms with Crippen molar-refractivity contribution in [3.05, 3.63) is 111 Å². The lowest BCUT2D eigenvalue weighted by molar-refractivity contribution is -0.139. The van der Waals surface area contributed by atoms with Crippen LogP contribution >= 0.6 is 31.9 Å². The number of nitrogens with zero attached hydrogens (tertiary/aromatic N) is 4. The van der Waals surface area contributed by atoms with Crippen LogP contribution in [0.1, 0.15) is 65.2 Å². The quantitative estimate of drug-likeness (QED) is 0.153. The molecule has 0 saturated heterocycles. The lowest BCUT2D eigenvalue weighted by Crippen LogP contribution is -2.17. The van der Waals surface area contributed by atoms with Crippen molar-refractivity contribution < 1.29 is 27.5 Å². The predicted molar refractivity (Wildman–Crippen MR) is 255 cm³/mol. The molecule has 0 spiro atoms. The zero-order valence-electron chi connectivity index (χ0n) is 36.3. The SMILES string of the molecule is CC(C)(C)OC=O.CC(C)(C)OC=O.CCS(=O)(=O)c1cc2ccc(Br)cc2nc1-c1cc2ncc(C)cc2[nH]1.Cc1cnc2cc(-c3nc4cc(Br)ccc4cc3C)[nH]c2c1. The van der Waals surface area contributed by atoms with Crippen molar-refractivity contribution in [3.8, 4) is 22.8 Å². The number of pyridine rings is 4. The molecule has 2 N–H and O–H groups in total. The van der Waals surface area contributed by atoms with Crippen molar-refractivity contribution in [2.24, 2.45) is 0 Å². The highest BCUT2D eigenvalue weighted by atomic mass is 79.9. The fourth-order valence-corrected chi connectivity index (χ4v) is 7.76. The number of hydrogen-bond donors (Lipinski definition) is 2. The molecule has 0 unspecified atom stereocenters. The van der Waals surface area contributed by atoms with E-state index >= 15 is 0 Å². The number of rotatable bonds is 6. The molecule has 8 aromatic rings. The maximum atomic E-state index is 12.7. The smallest absolute Gasteiger partial charge is 0.293 e. The minimum Gasteiger partial charge on any atom is -0.462 e. The van der Waals surface area contributed by atoms with Gasteiger partial charge in [-0.05, 0) is 140 Å². The van der Waals surface area contributed by atoms with Gasteiger partial charge in [-0.25, -0.2) is 18.4 Å². The number of aromatic amines is 2. The van der Waals surface area contributed by atoms with Crippen LogP contribution in [0.25, 0.3) is 66.6 Å². The maximum absolute atomic E-state index is 12.7. The normalized spacial score (nSPS) is 11.5. The molecule has 0 amide bonds. The highest BCUT2D eigenvalue weighted by Crippen LogP contribution is 2.33. The Morgan fingerprint density at radius 2 is 1.05 bits per heavy atom. The van der Waals surface area contributed by atoms with Crippen molar-refractivity contribution in [2.45, 2.75) is 85.3 Å². The molecule has 62 heavy (non-hydrogen) atoms. The minimum atomic E-state index is -3.44. The third kappa shape index (κ3) is 12.5. The summed E-state index contributed by atoms with van der Waals surface area (Å²) in [7, 11) is -3.44. The average Bonchev–Trinajstić information content (AvgIpc) is 3.81. The number of aryl methyl sites for hydroxylation is 3. The van der Waals surface area contributed by atoms with Gasteiger partial charge in [0.2, 0.25) is 0 Å². The first-order valence-corrected chi connectivity index (χ1v) is 22.9. The number of sulfone groups is 1. The van der Waals surface area contributed by atoms with Gasteiger partial charge in [-0.2, -0.15) is 0 Å². The summed E-state index contributed by atoms with van der Waals surface area (Å²) >= 11 is 6.95. The molecule has 6 heterocycles. The summed E-state index contributed by atoms with van der Waals surface area (Å²) in [5.74, 6) is 0.0152. The zero-order chi connectivity index (χ0) is 45.6. The van der Waals surface area contributed by atoms with Gasteiger partial charge in [-0.3, -0.25) is 19.6 Å². The summed E-state index contributed by atoms with van der Waals surface area (Å²) in [6, 6.07) is 23.7.